The molecule has 0 aromatic carbocycles. The SMILES string of the molecule is CC=C(C)N1CCC(C2CC2)CC1. The number of nitrogens with zero attached hydrogens (tertiary/aromatic N) is 1. The zero-order valence-electron chi connectivity index (χ0n) is 8.92. The molecule has 0 N–H and O–H groups in total. The second-order valence-corrected chi connectivity index (χ2v) is 4.59. The molecule has 0 atom stereocenters. The summed E-state index contributed by atoms with van der Waals surface area (Å²) >= 11 is 0. The van der Waals surface area contributed by atoms with Crippen molar-refractivity contribution in [3.8, 4) is 0 Å². The summed E-state index contributed by atoms with van der Waals surface area (Å²) in [4.78, 5) is 2.54. The lowest BCUT2D eigenvalue weighted by Crippen LogP contribution is -2.32. The van der Waals surface area contributed by atoms with E-state index in [9.17, 15) is 0 Å². The van der Waals surface area contributed by atoms with Crippen molar-refractivity contribution in [2.75, 3.05) is 13.1 Å². The molecule has 1 heteroatoms. The predicted molar refractivity (Wildman–Crippen MR) is 56.5 cm³/mol. The van der Waals surface area contributed by atoms with Gasteiger partial charge in [-0.25, -0.2) is 0 Å². The zero-order chi connectivity index (χ0) is 9.26. The molecule has 1 aliphatic heterocycles. The zero-order valence-corrected chi connectivity index (χ0v) is 8.92. The molecule has 1 heterocycles. The Morgan fingerprint density at radius 2 is 1.62 bits per heavy atom. The highest BCUT2D eigenvalue weighted by molar-refractivity contribution is 4.98. The molecule has 0 amide bonds. The van der Waals surface area contributed by atoms with E-state index in [4.69, 9.17) is 0 Å². The molecule has 0 aromatic heterocycles. The molecular weight excluding hydrogens is 158 g/mol. The van der Waals surface area contributed by atoms with Crippen LogP contribution >= 0.6 is 0 Å². The van der Waals surface area contributed by atoms with E-state index in [2.05, 4.69) is 24.8 Å². The van der Waals surface area contributed by atoms with Gasteiger partial charge in [0.1, 0.15) is 0 Å². The molecule has 1 saturated heterocycles. The van der Waals surface area contributed by atoms with Gasteiger partial charge in [0.15, 0.2) is 0 Å². The first kappa shape index (κ1) is 9.11. The van der Waals surface area contributed by atoms with Crippen molar-refractivity contribution in [1.29, 1.82) is 0 Å². The molecule has 1 saturated carbocycles. The first-order chi connectivity index (χ1) is 6.31. The number of hydrogen-bond acceptors (Lipinski definition) is 1. The van der Waals surface area contributed by atoms with Gasteiger partial charge in [0.05, 0.1) is 0 Å². The van der Waals surface area contributed by atoms with E-state index in [0.29, 0.717) is 0 Å². The lowest BCUT2D eigenvalue weighted by Gasteiger charge is -2.34. The van der Waals surface area contributed by atoms with Gasteiger partial charge in [-0.05, 0) is 51.4 Å². The predicted octanol–water partition coefficient (Wildman–Crippen LogP) is 3.03. The second kappa shape index (κ2) is 3.73. The van der Waals surface area contributed by atoms with E-state index in [1.54, 1.807) is 0 Å². The highest BCUT2D eigenvalue weighted by Crippen LogP contribution is 2.42. The number of allylic oxidation sites excluding steroid dienone is 2. The Morgan fingerprint density at radius 3 is 2.08 bits per heavy atom. The van der Waals surface area contributed by atoms with E-state index in [1.807, 2.05) is 0 Å². The van der Waals surface area contributed by atoms with E-state index in [0.717, 1.165) is 11.8 Å². The molecule has 0 bridgehead atoms. The lowest BCUT2D eigenvalue weighted by molar-refractivity contribution is 0.210. The van der Waals surface area contributed by atoms with Crippen LogP contribution < -0.4 is 0 Å². The van der Waals surface area contributed by atoms with Crippen LogP contribution in [0, 0.1) is 11.8 Å². The summed E-state index contributed by atoms with van der Waals surface area (Å²) in [6.07, 6.45) is 8.16. The van der Waals surface area contributed by atoms with E-state index < -0.39 is 0 Å². The number of rotatable bonds is 2. The Balaban J connectivity index is 1.81. The topological polar surface area (TPSA) is 3.24 Å². The second-order valence-electron chi connectivity index (χ2n) is 4.59. The first-order valence-electron chi connectivity index (χ1n) is 5.69. The van der Waals surface area contributed by atoms with Crippen molar-refractivity contribution in [1.82, 2.24) is 4.90 Å². The Hall–Kier alpha value is -0.460. The Morgan fingerprint density at radius 1 is 1.08 bits per heavy atom. The summed E-state index contributed by atoms with van der Waals surface area (Å²) in [5.41, 5.74) is 1.47. The molecule has 0 unspecified atom stereocenters. The van der Waals surface area contributed by atoms with E-state index in [1.165, 1.54) is 44.5 Å². The molecule has 1 nitrogen and oxygen atoms in total. The molecule has 1 aliphatic carbocycles. The van der Waals surface area contributed by atoms with Gasteiger partial charge in [0, 0.05) is 18.8 Å². The largest absolute Gasteiger partial charge is 0.375 e. The number of hydrogen-bond donors (Lipinski definition) is 0. The minimum Gasteiger partial charge on any atom is -0.375 e. The summed E-state index contributed by atoms with van der Waals surface area (Å²) in [6, 6.07) is 0. The molecular formula is C12H21N. The lowest BCUT2D eigenvalue weighted by atomic mass is 9.92. The van der Waals surface area contributed by atoms with Gasteiger partial charge in [0.2, 0.25) is 0 Å². The van der Waals surface area contributed by atoms with Gasteiger partial charge in [-0.1, -0.05) is 6.08 Å². The van der Waals surface area contributed by atoms with Crippen LogP contribution in [0.2, 0.25) is 0 Å². The van der Waals surface area contributed by atoms with Gasteiger partial charge >= 0.3 is 0 Å². The minimum absolute atomic E-state index is 1.07. The van der Waals surface area contributed by atoms with Crippen LogP contribution in [-0.4, -0.2) is 18.0 Å². The van der Waals surface area contributed by atoms with Gasteiger partial charge in [-0.2, -0.15) is 0 Å². The fraction of sp³-hybridized carbons (Fsp3) is 0.833. The molecule has 13 heavy (non-hydrogen) atoms. The van der Waals surface area contributed by atoms with Crippen LogP contribution in [0.15, 0.2) is 11.8 Å². The third-order valence-electron chi connectivity index (χ3n) is 3.74. The molecule has 2 fully saturated rings. The molecule has 2 rings (SSSR count). The van der Waals surface area contributed by atoms with E-state index in [-0.39, 0.29) is 0 Å². The van der Waals surface area contributed by atoms with Crippen LogP contribution in [0.3, 0.4) is 0 Å². The fourth-order valence-electron chi connectivity index (χ4n) is 2.47. The first-order valence-corrected chi connectivity index (χ1v) is 5.69. The fourth-order valence-corrected chi connectivity index (χ4v) is 2.47. The van der Waals surface area contributed by atoms with Crippen LogP contribution in [0.1, 0.15) is 39.5 Å². The summed E-state index contributed by atoms with van der Waals surface area (Å²) in [5, 5.41) is 0. The standard InChI is InChI=1S/C12H21N/c1-3-10(2)13-8-6-12(7-9-13)11-4-5-11/h3,11-12H,4-9H2,1-2H3. The maximum Gasteiger partial charge on any atom is 0.0177 e. The maximum absolute atomic E-state index is 2.54. The highest BCUT2D eigenvalue weighted by Gasteiger charge is 2.33. The van der Waals surface area contributed by atoms with Gasteiger partial charge in [-0.3, -0.25) is 0 Å². The van der Waals surface area contributed by atoms with Crippen LogP contribution in [0.5, 0.6) is 0 Å². The minimum atomic E-state index is 1.07. The molecule has 2 aliphatic rings. The van der Waals surface area contributed by atoms with Crippen molar-refractivity contribution in [2.45, 2.75) is 39.5 Å². The van der Waals surface area contributed by atoms with Crippen molar-refractivity contribution < 1.29 is 0 Å². The van der Waals surface area contributed by atoms with Gasteiger partial charge in [-0.15, -0.1) is 0 Å². The average molecular weight is 179 g/mol. The van der Waals surface area contributed by atoms with Gasteiger partial charge < -0.3 is 4.90 Å². The summed E-state index contributed by atoms with van der Waals surface area (Å²) < 4.78 is 0. The van der Waals surface area contributed by atoms with Crippen LogP contribution in [0.25, 0.3) is 0 Å². The number of likely N-dealkylation sites (tertiary alicyclic amines) is 1. The smallest absolute Gasteiger partial charge is 0.0177 e. The third-order valence-corrected chi connectivity index (χ3v) is 3.74. The highest BCUT2D eigenvalue weighted by atomic mass is 15.1. The summed E-state index contributed by atoms with van der Waals surface area (Å²) in [7, 11) is 0. The summed E-state index contributed by atoms with van der Waals surface area (Å²) in [6.45, 7) is 6.98. The molecule has 74 valence electrons. The number of piperidine rings is 1. The normalized spacial score (nSPS) is 26.6. The van der Waals surface area contributed by atoms with Crippen molar-refractivity contribution in [2.24, 2.45) is 11.8 Å². The Labute approximate surface area is 81.8 Å². The van der Waals surface area contributed by atoms with Crippen molar-refractivity contribution in [3.05, 3.63) is 11.8 Å². The quantitative estimate of drug-likeness (QED) is 0.630. The Kier molecular flexibility index (Phi) is 2.61. The van der Waals surface area contributed by atoms with Crippen LogP contribution in [0.4, 0.5) is 0 Å². The molecule has 0 radical (unpaired) electrons. The average Bonchev–Trinajstić information content (AvgIpc) is 3.00. The van der Waals surface area contributed by atoms with Crippen molar-refractivity contribution in [3.63, 3.8) is 0 Å². The molecule has 0 aromatic rings. The van der Waals surface area contributed by atoms with E-state index >= 15 is 0 Å². The van der Waals surface area contributed by atoms with Crippen molar-refractivity contribution >= 4 is 0 Å². The Bertz CT molecular complexity index is 195. The molecule has 0 spiro atoms. The summed E-state index contributed by atoms with van der Waals surface area (Å²) in [5.74, 6) is 2.19. The monoisotopic (exact) mass is 179 g/mol. The third kappa shape index (κ3) is 2.07. The van der Waals surface area contributed by atoms with Gasteiger partial charge in [0.25, 0.3) is 0 Å². The van der Waals surface area contributed by atoms with Crippen LogP contribution in [-0.2, 0) is 0 Å². The maximum atomic E-state index is 2.54.